The fraction of sp³-hybridized carbons (Fsp3) is 0.714. The van der Waals surface area contributed by atoms with E-state index in [9.17, 15) is 4.79 Å². The first kappa shape index (κ1) is 12.9. The highest BCUT2D eigenvalue weighted by Gasteiger charge is 2.36. The fourth-order valence-corrected chi connectivity index (χ4v) is 4.41. The Labute approximate surface area is 118 Å². The summed E-state index contributed by atoms with van der Waals surface area (Å²) in [5.41, 5.74) is 6.50. The van der Waals surface area contributed by atoms with Crippen LogP contribution >= 0.6 is 11.3 Å². The number of fused-ring (bicyclic) bond motifs is 1. The van der Waals surface area contributed by atoms with Crippen molar-refractivity contribution in [3.63, 3.8) is 0 Å². The van der Waals surface area contributed by atoms with Gasteiger partial charge < -0.3 is 10.6 Å². The van der Waals surface area contributed by atoms with Crippen molar-refractivity contribution in [3.8, 4) is 0 Å². The first-order chi connectivity index (χ1) is 9.16. The molecule has 2 N–H and O–H groups in total. The molecule has 2 atom stereocenters. The second kappa shape index (κ2) is 5.12. The number of carbonyl (C=O) groups is 1. The molecule has 1 aromatic heterocycles. The summed E-state index contributed by atoms with van der Waals surface area (Å²) in [6.45, 7) is 2.78. The van der Waals surface area contributed by atoms with Crippen LogP contribution in [0, 0.1) is 12.8 Å². The van der Waals surface area contributed by atoms with Crippen molar-refractivity contribution in [2.75, 3.05) is 12.3 Å². The van der Waals surface area contributed by atoms with Gasteiger partial charge in [-0.15, -0.1) is 0 Å². The van der Waals surface area contributed by atoms with Crippen molar-refractivity contribution < 1.29 is 4.79 Å². The van der Waals surface area contributed by atoms with Crippen LogP contribution in [0.15, 0.2) is 0 Å². The number of aromatic nitrogens is 1. The summed E-state index contributed by atoms with van der Waals surface area (Å²) in [5, 5.41) is 0.498. The van der Waals surface area contributed by atoms with Crippen molar-refractivity contribution in [1.29, 1.82) is 0 Å². The molecule has 2 heterocycles. The zero-order valence-corrected chi connectivity index (χ0v) is 12.2. The number of carbonyl (C=O) groups excluding carboxylic acids is 1. The van der Waals surface area contributed by atoms with Crippen molar-refractivity contribution in [1.82, 2.24) is 9.88 Å². The SMILES string of the molecule is Cc1nc(N)sc1C(=O)N1CCCC2CCCCC21. The molecule has 0 spiro atoms. The van der Waals surface area contributed by atoms with Gasteiger partial charge in [0.25, 0.3) is 5.91 Å². The number of anilines is 1. The number of thiazole rings is 1. The Kier molecular flexibility index (Phi) is 3.48. The van der Waals surface area contributed by atoms with Gasteiger partial charge in [0, 0.05) is 12.6 Å². The maximum atomic E-state index is 12.7. The smallest absolute Gasteiger partial charge is 0.266 e. The third-order valence-electron chi connectivity index (χ3n) is 4.51. The Morgan fingerprint density at radius 1 is 1.32 bits per heavy atom. The predicted molar refractivity (Wildman–Crippen MR) is 77.3 cm³/mol. The van der Waals surface area contributed by atoms with E-state index in [1.165, 1.54) is 43.4 Å². The summed E-state index contributed by atoms with van der Waals surface area (Å²) >= 11 is 1.33. The van der Waals surface area contributed by atoms with Gasteiger partial charge in [-0.3, -0.25) is 4.79 Å². The van der Waals surface area contributed by atoms with Gasteiger partial charge in [0.2, 0.25) is 0 Å². The molecule has 0 radical (unpaired) electrons. The van der Waals surface area contributed by atoms with E-state index in [1.807, 2.05) is 6.92 Å². The average molecular weight is 279 g/mol. The standard InChI is InChI=1S/C14H21N3OS/c1-9-12(19-14(15)16-9)13(18)17-8-4-6-10-5-2-3-7-11(10)17/h10-11H,2-8H2,1H3,(H2,15,16). The van der Waals surface area contributed by atoms with Gasteiger partial charge in [0.15, 0.2) is 5.13 Å². The van der Waals surface area contributed by atoms with Crippen molar-refractivity contribution in [2.45, 2.75) is 51.5 Å². The average Bonchev–Trinajstić information content (AvgIpc) is 2.76. The Hall–Kier alpha value is -1.10. The number of hydrogen-bond acceptors (Lipinski definition) is 4. The van der Waals surface area contributed by atoms with Crippen LogP contribution in [0.25, 0.3) is 0 Å². The number of hydrogen-bond donors (Lipinski definition) is 1. The molecule has 1 aliphatic heterocycles. The second-order valence-electron chi connectivity index (χ2n) is 5.72. The number of nitrogens with zero attached hydrogens (tertiary/aromatic N) is 2. The monoisotopic (exact) mass is 279 g/mol. The van der Waals surface area contributed by atoms with Crippen LogP contribution in [-0.4, -0.2) is 28.4 Å². The van der Waals surface area contributed by atoms with Crippen LogP contribution in [0.4, 0.5) is 5.13 Å². The topological polar surface area (TPSA) is 59.2 Å². The summed E-state index contributed by atoms with van der Waals surface area (Å²) in [6.07, 6.45) is 7.48. The maximum Gasteiger partial charge on any atom is 0.266 e. The molecule has 4 nitrogen and oxygen atoms in total. The first-order valence-electron chi connectivity index (χ1n) is 7.20. The number of nitrogen functional groups attached to an aromatic ring is 1. The Bertz CT molecular complexity index is 483. The van der Waals surface area contributed by atoms with Crippen molar-refractivity contribution in [2.24, 2.45) is 5.92 Å². The lowest BCUT2D eigenvalue weighted by atomic mass is 9.78. The molecule has 1 saturated heterocycles. The van der Waals surface area contributed by atoms with Crippen LogP contribution in [-0.2, 0) is 0 Å². The summed E-state index contributed by atoms with van der Waals surface area (Å²) < 4.78 is 0. The lowest BCUT2D eigenvalue weighted by molar-refractivity contribution is 0.0394. The van der Waals surface area contributed by atoms with Gasteiger partial charge in [-0.2, -0.15) is 0 Å². The van der Waals surface area contributed by atoms with Gasteiger partial charge >= 0.3 is 0 Å². The third kappa shape index (κ3) is 2.36. The van der Waals surface area contributed by atoms with Gasteiger partial charge in [0.05, 0.1) is 5.69 Å². The van der Waals surface area contributed by atoms with Crippen LogP contribution in [0.2, 0.25) is 0 Å². The molecule has 19 heavy (non-hydrogen) atoms. The number of aryl methyl sites for hydroxylation is 1. The molecule has 1 amide bonds. The molecule has 1 saturated carbocycles. The first-order valence-corrected chi connectivity index (χ1v) is 8.02. The summed E-state index contributed by atoms with van der Waals surface area (Å²) in [6, 6.07) is 0.456. The lowest BCUT2D eigenvalue weighted by Crippen LogP contribution is -2.49. The van der Waals surface area contributed by atoms with Crippen molar-refractivity contribution in [3.05, 3.63) is 10.6 Å². The van der Waals surface area contributed by atoms with Crippen LogP contribution in [0.3, 0.4) is 0 Å². The molecule has 0 aromatic carbocycles. The molecule has 0 bridgehead atoms. The van der Waals surface area contributed by atoms with E-state index < -0.39 is 0 Å². The number of amides is 1. The summed E-state index contributed by atoms with van der Waals surface area (Å²) in [4.78, 5) is 19.8. The molecule has 3 rings (SSSR count). The molecule has 1 aliphatic carbocycles. The molecule has 5 heteroatoms. The highest BCUT2D eigenvalue weighted by molar-refractivity contribution is 7.17. The zero-order valence-electron chi connectivity index (χ0n) is 11.4. The molecule has 2 aliphatic rings. The van der Waals surface area contributed by atoms with E-state index in [2.05, 4.69) is 9.88 Å². The van der Waals surface area contributed by atoms with E-state index >= 15 is 0 Å². The van der Waals surface area contributed by atoms with Gasteiger partial charge in [0.1, 0.15) is 4.88 Å². The van der Waals surface area contributed by atoms with Gasteiger partial charge in [-0.05, 0) is 38.5 Å². The van der Waals surface area contributed by atoms with Gasteiger partial charge in [-0.1, -0.05) is 24.2 Å². The molecule has 1 aromatic rings. The van der Waals surface area contributed by atoms with Crippen LogP contribution in [0.1, 0.15) is 53.9 Å². The van der Waals surface area contributed by atoms with E-state index in [1.54, 1.807) is 0 Å². The number of nitrogens with two attached hydrogens (primary N) is 1. The second-order valence-corrected chi connectivity index (χ2v) is 6.75. The fourth-order valence-electron chi connectivity index (χ4n) is 3.62. The highest BCUT2D eigenvalue weighted by atomic mass is 32.1. The van der Waals surface area contributed by atoms with E-state index in [0.717, 1.165) is 29.5 Å². The predicted octanol–water partition coefficient (Wildman–Crippen LogP) is 2.83. The zero-order chi connectivity index (χ0) is 13.4. The van der Waals surface area contributed by atoms with E-state index in [0.29, 0.717) is 11.2 Å². The minimum atomic E-state index is 0.156. The lowest BCUT2D eigenvalue weighted by Gasteiger charge is -2.44. The number of likely N-dealkylation sites (tertiary alicyclic amines) is 1. The molecule has 2 fully saturated rings. The highest BCUT2D eigenvalue weighted by Crippen LogP contribution is 2.36. The van der Waals surface area contributed by atoms with E-state index in [4.69, 9.17) is 5.73 Å². The quantitative estimate of drug-likeness (QED) is 0.860. The normalized spacial score (nSPS) is 27.1. The number of piperidine rings is 1. The molecular formula is C14H21N3OS. The number of rotatable bonds is 1. The Morgan fingerprint density at radius 2 is 2.05 bits per heavy atom. The third-order valence-corrected chi connectivity index (χ3v) is 5.49. The Morgan fingerprint density at radius 3 is 2.79 bits per heavy atom. The molecular weight excluding hydrogens is 258 g/mol. The van der Waals surface area contributed by atoms with E-state index in [-0.39, 0.29) is 5.91 Å². The Balaban J connectivity index is 1.83. The minimum absolute atomic E-state index is 0.156. The van der Waals surface area contributed by atoms with Crippen molar-refractivity contribution >= 4 is 22.4 Å². The van der Waals surface area contributed by atoms with Crippen LogP contribution in [0.5, 0.6) is 0 Å². The molecule has 104 valence electrons. The van der Waals surface area contributed by atoms with Gasteiger partial charge in [-0.25, -0.2) is 4.98 Å². The largest absolute Gasteiger partial charge is 0.375 e. The molecule has 2 unspecified atom stereocenters. The summed E-state index contributed by atoms with van der Waals surface area (Å²) in [5.74, 6) is 0.875. The summed E-state index contributed by atoms with van der Waals surface area (Å²) in [7, 11) is 0. The minimum Gasteiger partial charge on any atom is -0.375 e. The van der Waals surface area contributed by atoms with Crippen LogP contribution < -0.4 is 5.73 Å². The maximum absolute atomic E-state index is 12.7.